The quantitative estimate of drug-likeness (QED) is 0.902. The molecule has 1 N–H and O–H groups in total. The lowest BCUT2D eigenvalue weighted by molar-refractivity contribution is -0.141. The molecule has 128 valence electrons. The molecule has 1 aromatic rings. The minimum absolute atomic E-state index is 0.525. The molecule has 1 amide bonds. The predicted molar refractivity (Wildman–Crippen MR) is 80.3 cm³/mol. The molecule has 4 nitrogen and oxygen atoms in total. The largest absolute Gasteiger partial charge is 0.494 e. The molecule has 23 heavy (non-hydrogen) atoms. The highest BCUT2D eigenvalue weighted by atomic mass is 19.4. The van der Waals surface area contributed by atoms with E-state index in [9.17, 15) is 18.0 Å². The zero-order valence-electron chi connectivity index (χ0n) is 13.2. The van der Waals surface area contributed by atoms with Crippen LogP contribution in [0.5, 0.6) is 5.75 Å². The maximum Gasteiger partial charge on any atom is 0.405 e. The first-order valence-corrected chi connectivity index (χ1v) is 7.63. The van der Waals surface area contributed by atoms with Gasteiger partial charge in [-0.25, -0.2) is 0 Å². The molecule has 0 saturated carbocycles. The molecule has 0 fully saturated rings. The second-order valence-corrected chi connectivity index (χ2v) is 5.59. The van der Waals surface area contributed by atoms with Crippen LogP contribution in [0.15, 0.2) is 18.2 Å². The molecule has 1 aliphatic heterocycles. The van der Waals surface area contributed by atoms with Crippen molar-refractivity contribution < 1.29 is 22.7 Å². The van der Waals surface area contributed by atoms with Crippen molar-refractivity contribution in [2.75, 3.05) is 19.7 Å². The summed E-state index contributed by atoms with van der Waals surface area (Å²) in [5, 5.41) is 1.95. The van der Waals surface area contributed by atoms with Gasteiger partial charge in [-0.3, -0.25) is 9.69 Å². The number of fused-ring (bicyclic) bond motifs is 1. The second kappa shape index (κ2) is 7.21. The molecular formula is C16H21F3N2O2. The Morgan fingerprint density at radius 2 is 2.13 bits per heavy atom. The van der Waals surface area contributed by atoms with E-state index in [0.717, 1.165) is 17.7 Å². The van der Waals surface area contributed by atoms with Gasteiger partial charge in [-0.2, -0.15) is 13.2 Å². The number of nitrogens with zero attached hydrogens (tertiary/aromatic N) is 1. The number of halogens is 3. The summed E-state index contributed by atoms with van der Waals surface area (Å²) in [6.45, 7) is 3.97. The van der Waals surface area contributed by atoms with E-state index in [1.807, 2.05) is 35.3 Å². The van der Waals surface area contributed by atoms with Gasteiger partial charge in [0, 0.05) is 13.1 Å². The Morgan fingerprint density at radius 3 is 2.78 bits per heavy atom. The maximum absolute atomic E-state index is 12.2. The Hall–Kier alpha value is -1.76. The van der Waals surface area contributed by atoms with Crippen LogP contribution in [0.3, 0.4) is 0 Å². The standard InChI is InChI=1S/C16H21F3N2O2/c1-3-23-14-5-4-12-6-7-21(9-13(12)8-14)11(2)15(22)20-10-16(17,18)19/h4-5,8,11H,3,6-7,9-10H2,1-2H3,(H,20,22). The summed E-state index contributed by atoms with van der Waals surface area (Å²) in [5.74, 6) is 0.161. The SMILES string of the molecule is CCOc1ccc2c(c1)CN(C(C)C(=O)NCC(F)(F)F)CC2. The number of hydrogen-bond acceptors (Lipinski definition) is 3. The van der Waals surface area contributed by atoms with Crippen molar-refractivity contribution in [2.24, 2.45) is 0 Å². The zero-order chi connectivity index (χ0) is 17.0. The Balaban J connectivity index is 2.00. The fourth-order valence-electron chi connectivity index (χ4n) is 2.64. The third kappa shape index (κ3) is 4.86. The number of carbonyl (C=O) groups excluding carboxylic acids is 1. The lowest BCUT2D eigenvalue weighted by atomic mass is 9.98. The van der Waals surface area contributed by atoms with E-state index in [4.69, 9.17) is 4.74 Å². The van der Waals surface area contributed by atoms with Crippen molar-refractivity contribution in [3.63, 3.8) is 0 Å². The first kappa shape index (κ1) is 17.6. The Morgan fingerprint density at radius 1 is 1.39 bits per heavy atom. The van der Waals surface area contributed by atoms with Crippen molar-refractivity contribution >= 4 is 5.91 Å². The molecule has 1 heterocycles. The zero-order valence-corrected chi connectivity index (χ0v) is 13.2. The Kier molecular flexibility index (Phi) is 5.51. The average Bonchev–Trinajstić information content (AvgIpc) is 2.50. The van der Waals surface area contributed by atoms with E-state index in [1.165, 1.54) is 5.56 Å². The van der Waals surface area contributed by atoms with Crippen molar-refractivity contribution in [3.8, 4) is 5.75 Å². The van der Waals surface area contributed by atoms with Crippen LogP contribution in [-0.4, -0.2) is 42.7 Å². The van der Waals surface area contributed by atoms with Crippen LogP contribution in [0.25, 0.3) is 0 Å². The fourth-order valence-corrected chi connectivity index (χ4v) is 2.64. The predicted octanol–water partition coefficient (Wildman–Crippen LogP) is 2.51. The van der Waals surface area contributed by atoms with E-state index in [2.05, 4.69) is 0 Å². The molecule has 7 heteroatoms. The molecule has 2 rings (SSSR count). The molecule has 1 atom stereocenters. The lowest BCUT2D eigenvalue weighted by Crippen LogP contribution is -2.48. The number of benzene rings is 1. The van der Waals surface area contributed by atoms with Gasteiger partial charge in [-0.15, -0.1) is 0 Å². The number of ether oxygens (including phenoxy) is 1. The number of hydrogen-bond donors (Lipinski definition) is 1. The van der Waals surface area contributed by atoms with Gasteiger partial charge in [0.15, 0.2) is 0 Å². The van der Waals surface area contributed by atoms with Crippen molar-refractivity contribution in [2.45, 2.75) is 39.0 Å². The first-order valence-electron chi connectivity index (χ1n) is 7.63. The molecular weight excluding hydrogens is 309 g/mol. The van der Waals surface area contributed by atoms with Gasteiger partial charge in [0.1, 0.15) is 12.3 Å². The van der Waals surface area contributed by atoms with Gasteiger partial charge in [-0.05, 0) is 43.5 Å². The van der Waals surface area contributed by atoms with Crippen molar-refractivity contribution in [1.82, 2.24) is 10.2 Å². The molecule has 0 spiro atoms. The first-order chi connectivity index (χ1) is 10.8. The second-order valence-electron chi connectivity index (χ2n) is 5.59. The Labute approximate surface area is 133 Å². The minimum atomic E-state index is -4.39. The maximum atomic E-state index is 12.2. The highest BCUT2D eigenvalue weighted by molar-refractivity contribution is 5.81. The topological polar surface area (TPSA) is 41.6 Å². The minimum Gasteiger partial charge on any atom is -0.494 e. The number of amides is 1. The monoisotopic (exact) mass is 330 g/mol. The van der Waals surface area contributed by atoms with Gasteiger partial charge in [0.25, 0.3) is 0 Å². The molecule has 0 aliphatic carbocycles. The molecule has 1 aromatic carbocycles. The van der Waals surface area contributed by atoms with E-state index >= 15 is 0 Å². The number of nitrogens with one attached hydrogen (secondary N) is 1. The molecule has 1 aliphatic rings. The number of rotatable bonds is 5. The van der Waals surface area contributed by atoms with Gasteiger partial charge >= 0.3 is 6.18 Å². The highest BCUT2D eigenvalue weighted by Crippen LogP contribution is 2.25. The van der Waals surface area contributed by atoms with Crippen molar-refractivity contribution in [1.29, 1.82) is 0 Å². The van der Waals surface area contributed by atoms with E-state index in [-0.39, 0.29) is 0 Å². The summed E-state index contributed by atoms with van der Waals surface area (Å²) >= 11 is 0. The van der Waals surface area contributed by atoms with Gasteiger partial charge in [0.2, 0.25) is 5.91 Å². The summed E-state index contributed by atoms with van der Waals surface area (Å²) in [7, 11) is 0. The van der Waals surface area contributed by atoms with Gasteiger partial charge < -0.3 is 10.1 Å². The van der Waals surface area contributed by atoms with Crippen LogP contribution >= 0.6 is 0 Å². The molecule has 0 radical (unpaired) electrons. The van der Waals surface area contributed by atoms with E-state index in [1.54, 1.807) is 6.92 Å². The normalized spacial score (nSPS) is 16.6. The van der Waals surface area contributed by atoms with E-state index in [0.29, 0.717) is 19.7 Å². The number of carbonyl (C=O) groups is 1. The lowest BCUT2D eigenvalue weighted by Gasteiger charge is -2.33. The fraction of sp³-hybridized carbons (Fsp3) is 0.562. The molecule has 1 unspecified atom stereocenters. The third-order valence-corrected chi connectivity index (χ3v) is 3.92. The smallest absolute Gasteiger partial charge is 0.405 e. The molecule has 0 saturated heterocycles. The van der Waals surface area contributed by atoms with Crippen LogP contribution < -0.4 is 10.1 Å². The molecule has 0 aromatic heterocycles. The van der Waals surface area contributed by atoms with Crippen LogP contribution in [0.4, 0.5) is 13.2 Å². The average molecular weight is 330 g/mol. The summed E-state index contributed by atoms with van der Waals surface area (Å²) in [5.41, 5.74) is 2.24. The highest BCUT2D eigenvalue weighted by Gasteiger charge is 2.31. The van der Waals surface area contributed by atoms with E-state index < -0.39 is 24.7 Å². The van der Waals surface area contributed by atoms with Crippen LogP contribution in [0, 0.1) is 0 Å². The molecule has 0 bridgehead atoms. The van der Waals surface area contributed by atoms with Crippen LogP contribution in [-0.2, 0) is 17.8 Å². The summed E-state index contributed by atoms with van der Waals surface area (Å²) in [6, 6.07) is 5.25. The summed E-state index contributed by atoms with van der Waals surface area (Å²) in [6.07, 6.45) is -3.63. The van der Waals surface area contributed by atoms with Crippen LogP contribution in [0.1, 0.15) is 25.0 Å². The van der Waals surface area contributed by atoms with Gasteiger partial charge in [-0.1, -0.05) is 6.07 Å². The summed E-state index contributed by atoms with van der Waals surface area (Å²) in [4.78, 5) is 13.8. The van der Waals surface area contributed by atoms with Gasteiger partial charge in [0.05, 0.1) is 12.6 Å². The third-order valence-electron chi connectivity index (χ3n) is 3.92. The number of alkyl halides is 3. The Bertz CT molecular complexity index is 561. The van der Waals surface area contributed by atoms with Crippen molar-refractivity contribution in [3.05, 3.63) is 29.3 Å². The van der Waals surface area contributed by atoms with Crippen LogP contribution in [0.2, 0.25) is 0 Å². The summed E-state index contributed by atoms with van der Waals surface area (Å²) < 4.78 is 42.0.